The Labute approximate surface area is 90.0 Å². The molecular formula is C10H20O5. The number of aliphatic hydroxyl groups excluding tert-OH is 2. The van der Waals surface area contributed by atoms with Gasteiger partial charge in [0.1, 0.15) is 0 Å². The lowest BCUT2D eigenvalue weighted by Crippen LogP contribution is -2.31. The molecule has 0 bridgehead atoms. The zero-order chi connectivity index (χ0) is 11.7. The summed E-state index contributed by atoms with van der Waals surface area (Å²) in [5, 5.41) is 17.9. The van der Waals surface area contributed by atoms with Crippen LogP contribution in [-0.4, -0.2) is 49.7 Å². The molecule has 0 spiro atoms. The second-order valence-corrected chi connectivity index (χ2v) is 3.86. The average molecular weight is 220 g/mol. The van der Waals surface area contributed by atoms with Gasteiger partial charge >= 0.3 is 5.97 Å². The molecule has 0 atom stereocenters. The molecule has 0 aliphatic carbocycles. The van der Waals surface area contributed by atoms with Crippen molar-refractivity contribution in [2.24, 2.45) is 5.41 Å². The highest BCUT2D eigenvalue weighted by Gasteiger charge is 2.22. The van der Waals surface area contributed by atoms with Crippen molar-refractivity contribution in [1.29, 1.82) is 0 Å². The van der Waals surface area contributed by atoms with Crippen molar-refractivity contribution in [3.63, 3.8) is 0 Å². The SMILES string of the molecule is COC(=O)CCCOCC(C)(CO)CO. The Hall–Kier alpha value is -0.650. The van der Waals surface area contributed by atoms with E-state index in [1.165, 1.54) is 7.11 Å². The van der Waals surface area contributed by atoms with E-state index in [2.05, 4.69) is 4.74 Å². The van der Waals surface area contributed by atoms with Crippen LogP contribution in [0.25, 0.3) is 0 Å². The van der Waals surface area contributed by atoms with Gasteiger partial charge in [-0.05, 0) is 6.42 Å². The zero-order valence-corrected chi connectivity index (χ0v) is 9.36. The molecule has 0 aliphatic heterocycles. The quantitative estimate of drug-likeness (QED) is 0.443. The maximum Gasteiger partial charge on any atom is 0.305 e. The number of carbonyl (C=O) groups is 1. The molecule has 0 heterocycles. The molecule has 0 aromatic carbocycles. The van der Waals surface area contributed by atoms with Gasteiger partial charge in [0.2, 0.25) is 0 Å². The number of hydrogen-bond acceptors (Lipinski definition) is 5. The van der Waals surface area contributed by atoms with Crippen LogP contribution in [0.4, 0.5) is 0 Å². The van der Waals surface area contributed by atoms with Crippen LogP contribution in [0.2, 0.25) is 0 Å². The minimum atomic E-state index is -0.606. The summed E-state index contributed by atoms with van der Waals surface area (Å²) in [5.74, 6) is -0.259. The van der Waals surface area contributed by atoms with Gasteiger partial charge in [-0.15, -0.1) is 0 Å². The normalized spacial score (nSPS) is 11.5. The van der Waals surface area contributed by atoms with E-state index in [0.717, 1.165) is 0 Å². The molecule has 0 unspecified atom stereocenters. The predicted molar refractivity (Wildman–Crippen MR) is 54.3 cm³/mol. The van der Waals surface area contributed by atoms with Crippen LogP contribution in [0.1, 0.15) is 19.8 Å². The summed E-state index contributed by atoms with van der Waals surface area (Å²) in [4.78, 5) is 10.7. The van der Waals surface area contributed by atoms with Crippen LogP contribution in [0.5, 0.6) is 0 Å². The van der Waals surface area contributed by atoms with Crippen molar-refractivity contribution in [2.75, 3.05) is 33.5 Å². The van der Waals surface area contributed by atoms with Crippen molar-refractivity contribution in [3.05, 3.63) is 0 Å². The summed E-state index contributed by atoms with van der Waals surface area (Å²) in [7, 11) is 1.35. The number of hydrogen-bond donors (Lipinski definition) is 2. The molecule has 0 radical (unpaired) electrons. The van der Waals surface area contributed by atoms with Crippen LogP contribution in [0.15, 0.2) is 0 Å². The van der Waals surface area contributed by atoms with Crippen LogP contribution < -0.4 is 0 Å². The first-order valence-electron chi connectivity index (χ1n) is 4.94. The van der Waals surface area contributed by atoms with Gasteiger partial charge in [0.25, 0.3) is 0 Å². The van der Waals surface area contributed by atoms with Crippen LogP contribution >= 0.6 is 0 Å². The Kier molecular flexibility index (Phi) is 7.29. The molecule has 90 valence electrons. The van der Waals surface area contributed by atoms with Crippen LogP contribution in [0.3, 0.4) is 0 Å². The molecular weight excluding hydrogens is 200 g/mol. The van der Waals surface area contributed by atoms with E-state index < -0.39 is 5.41 Å². The molecule has 0 fully saturated rings. The Morgan fingerprint density at radius 1 is 1.33 bits per heavy atom. The van der Waals surface area contributed by atoms with Gasteiger partial charge in [-0.2, -0.15) is 0 Å². The highest BCUT2D eigenvalue weighted by atomic mass is 16.5. The molecule has 2 N–H and O–H groups in total. The van der Waals surface area contributed by atoms with Gasteiger partial charge in [-0.3, -0.25) is 4.79 Å². The minimum absolute atomic E-state index is 0.125. The molecule has 15 heavy (non-hydrogen) atoms. The molecule has 0 aromatic heterocycles. The highest BCUT2D eigenvalue weighted by Crippen LogP contribution is 2.14. The summed E-state index contributed by atoms with van der Waals surface area (Å²) < 4.78 is 9.71. The van der Waals surface area contributed by atoms with Crippen molar-refractivity contribution in [1.82, 2.24) is 0 Å². The van der Waals surface area contributed by atoms with Crippen molar-refractivity contribution in [3.8, 4) is 0 Å². The van der Waals surface area contributed by atoms with E-state index >= 15 is 0 Å². The Bertz CT molecular complexity index is 177. The van der Waals surface area contributed by atoms with E-state index in [9.17, 15) is 4.79 Å². The first-order valence-corrected chi connectivity index (χ1v) is 4.94. The number of rotatable bonds is 8. The van der Waals surface area contributed by atoms with Crippen LogP contribution in [0, 0.1) is 5.41 Å². The van der Waals surface area contributed by atoms with Crippen molar-refractivity contribution >= 4 is 5.97 Å². The van der Waals surface area contributed by atoms with Gasteiger partial charge in [-0.25, -0.2) is 0 Å². The lowest BCUT2D eigenvalue weighted by atomic mass is 9.95. The monoisotopic (exact) mass is 220 g/mol. The number of ether oxygens (including phenoxy) is 2. The zero-order valence-electron chi connectivity index (χ0n) is 9.36. The first kappa shape index (κ1) is 14.3. The number of carbonyl (C=O) groups excluding carboxylic acids is 1. The Morgan fingerprint density at radius 3 is 2.40 bits per heavy atom. The summed E-state index contributed by atoms with van der Waals surface area (Å²) in [6.45, 7) is 2.18. The van der Waals surface area contributed by atoms with Gasteiger partial charge in [-0.1, -0.05) is 6.92 Å². The summed E-state index contributed by atoms with van der Waals surface area (Å²) in [6, 6.07) is 0. The third-order valence-corrected chi connectivity index (χ3v) is 2.11. The Morgan fingerprint density at radius 2 is 1.93 bits per heavy atom. The van der Waals surface area contributed by atoms with E-state index in [4.69, 9.17) is 14.9 Å². The van der Waals surface area contributed by atoms with Crippen molar-refractivity contribution < 1.29 is 24.5 Å². The third-order valence-electron chi connectivity index (χ3n) is 2.11. The summed E-state index contributed by atoms with van der Waals surface area (Å²) in [6.07, 6.45) is 0.908. The summed E-state index contributed by atoms with van der Waals surface area (Å²) in [5.41, 5.74) is -0.606. The van der Waals surface area contributed by atoms with E-state index in [1.54, 1.807) is 6.92 Å². The standard InChI is InChI=1S/C10H20O5/c1-10(6-11,7-12)8-15-5-3-4-9(13)14-2/h11-12H,3-8H2,1-2H3. The third kappa shape index (κ3) is 6.43. The fraction of sp³-hybridized carbons (Fsp3) is 0.900. The molecule has 0 rings (SSSR count). The van der Waals surface area contributed by atoms with E-state index in [0.29, 0.717) is 19.4 Å². The topological polar surface area (TPSA) is 76.0 Å². The molecule has 0 saturated carbocycles. The lowest BCUT2D eigenvalue weighted by molar-refractivity contribution is -0.141. The molecule has 0 saturated heterocycles. The maximum atomic E-state index is 10.7. The largest absolute Gasteiger partial charge is 0.469 e. The maximum absolute atomic E-state index is 10.7. The average Bonchev–Trinajstić information content (AvgIpc) is 2.27. The smallest absolute Gasteiger partial charge is 0.305 e. The van der Waals surface area contributed by atoms with Gasteiger partial charge < -0.3 is 19.7 Å². The van der Waals surface area contributed by atoms with E-state index in [-0.39, 0.29) is 25.8 Å². The molecule has 5 nitrogen and oxygen atoms in total. The second kappa shape index (κ2) is 7.62. The van der Waals surface area contributed by atoms with Crippen LogP contribution in [-0.2, 0) is 14.3 Å². The van der Waals surface area contributed by atoms with Gasteiger partial charge in [0, 0.05) is 18.4 Å². The van der Waals surface area contributed by atoms with Gasteiger partial charge in [0.05, 0.1) is 26.9 Å². The number of methoxy groups -OCH3 is 1. The highest BCUT2D eigenvalue weighted by molar-refractivity contribution is 5.68. The van der Waals surface area contributed by atoms with Crippen molar-refractivity contribution in [2.45, 2.75) is 19.8 Å². The van der Waals surface area contributed by atoms with E-state index in [1.807, 2.05) is 0 Å². The fourth-order valence-electron chi connectivity index (χ4n) is 0.880. The summed E-state index contributed by atoms with van der Waals surface area (Å²) >= 11 is 0. The molecule has 0 aliphatic rings. The molecule has 0 aromatic rings. The van der Waals surface area contributed by atoms with Gasteiger partial charge in [0.15, 0.2) is 0 Å². The Balaban J connectivity index is 3.49. The predicted octanol–water partition coefficient (Wildman–Crippen LogP) is -0.0529. The first-order chi connectivity index (χ1) is 7.08. The fourth-order valence-corrected chi connectivity index (χ4v) is 0.880. The lowest BCUT2D eigenvalue weighted by Gasteiger charge is -2.23. The number of esters is 1. The number of aliphatic hydroxyl groups is 2. The second-order valence-electron chi connectivity index (χ2n) is 3.86. The molecule has 5 heteroatoms. The minimum Gasteiger partial charge on any atom is -0.469 e. The molecule has 0 amide bonds.